The molecule has 2 aromatic rings. The molecule has 0 saturated heterocycles. The van der Waals surface area contributed by atoms with E-state index in [0.29, 0.717) is 6.54 Å². The van der Waals surface area contributed by atoms with Gasteiger partial charge in [-0.25, -0.2) is 9.78 Å². The van der Waals surface area contributed by atoms with Crippen LogP contribution in [0.4, 0.5) is 0 Å². The van der Waals surface area contributed by atoms with Crippen LogP contribution in [0.2, 0.25) is 0 Å². The first-order valence-electron chi connectivity index (χ1n) is 5.48. The van der Waals surface area contributed by atoms with Crippen LogP contribution in [-0.4, -0.2) is 20.6 Å². The van der Waals surface area contributed by atoms with E-state index in [0.717, 1.165) is 17.1 Å². The summed E-state index contributed by atoms with van der Waals surface area (Å²) in [6.07, 6.45) is 2.43. The topological polar surface area (TPSA) is 72.2 Å². The Bertz CT molecular complexity index is 630. The maximum atomic E-state index is 11.8. The zero-order chi connectivity index (χ0) is 13.1. The van der Waals surface area contributed by atoms with Crippen molar-refractivity contribution in [2.45, 2.75) is 19.9 Å². The summed E-state index contributed by atoms with van der Waals surface area (Å²) in [4.78, 5) is 27.0. The molecule has 0 aliphatic heterocycles. The molecule has 18 heavy (non-hydrogen) atoms. The number of carboxylic acids is 1. The molecule has 5 nitrogen and oxygen atoms in total. The highest BCUT2D eigenvalue weighted by Gasteiger charge is 2.11. The standard InChI is InChI=1S/C12H12N2O3S/c1-2-10-13-8(7-18-10)6-14-5-3-4-9(11(14)15)12(16)17/h3-5,7H,2,6H2,1H3,(H,16,17). The Kier molecular flexibility index (Phi) is 3.57. The Morgan fingerprint density at radius 2 is 2.33 bits per heavy atom. The fourth-order valence-corrected chi connectivity index (χ4v) is 2.32. The molecular weight excluding hydrogens is 252 g/mol. The maximum Gasteiger partial charge on any atom is 0.341 e. The average molecular weight is 264 g/mol. The number of hydrogen-bond donors (Lipinski definition) is 1. The van der Waals surface area contributed by atoms with Crippen LogP contribution >= 0.6 is 11.3 Å². The molecule has 2 aromatic heterocycles. The average Bonchev–Trinajstić information content (AvgIpc) is 2.79. The molecule has 0 amide bonds. The second-order valence-corrected chi connectivity index (χ2v) is 4.69. The first-order valence-corrected chi connectivity index (χ1v) is 6.35. The van der Waals surface area contributed by atoms with Crippen molar-refractivity contribution in [3.63, 3.8) is 0 Å². The summed E-state index contributed by atoms with van der Waals surface area (Å²) in [5.41, 5.74) is 0.0565. The maximum absolute atomic E-state index is 11.8. The van der Waals surface area contributed by atoms with E-state index in [2.05, 4.69) is 4.98 Å². The number of aryl methyl sites for hydroxylation is 1. The number of hydrogen-bond acceptors (Lipinski definition) is 4. The number of aromatic nitrogens is 2. The monoisotopic (exact) mass is 264 g/mol. The minimum absolute atomic E-state index is 0.219. The number of aromatic carboxylic acids is 1. The summed E-state index contributed by atoms with van der Waals surface area (Å²) in [6.45, 7) is 2.32. The van der Waals surface area contributed by atoms with E-state index in [1.54, 1.807) is 23.6 Å². The minimum Gasteiger partial charge on any atom is -0.477 e. The first kappa shape index (κ1) is 12.5. The second-order valence-electron chi connectivity index (χ2n) is 3.75. The Hall–Kier alpha value is -1.95. The molecular formula is C12H12N2O3S. The third-order valence-electron chi connectivity index (χ3n) is 2.48. The lowest BCUT2D eigenvalue weighted by Gasteiger charge is -2.03. The SMILES string of the molecule is CCc1nc(Cn2cccc(C(=O)O)c2=O)cs1. The van der Waals surface area contributed by atoms with E-state index >= 15 is 0 Å². The Morgan fingerprint density at radius 3 is 2.94 bits per heavy atom. The van der Waals surface area contributed by atoms with Gasteiger partial charge in [-0.3, -0.25) is 4.79 Å². The van der Waals surface area contributed by atoms with Gasteiger partial charge in [-0.05, 0) is 18.6 Å². The molecule has 0 aliphatic rings. The van der Waals surface area contributed by atoms with E-state index < -0.39 is 11.5 Å². The molecule has 0 fully saturated rings. The fourth-order valence-electron chi connectivity index (χ4n) is 1.58. The third kappa shape index (κ3) is 2.48. The van der Waals surface area contributed by atoms with Gasteiger partial charge in [0.15, 0.2) is 0 Å². The van der Waals surface area contributed by atoms with Gasteiger partial charge in [-0.1, -0.05) is 6.92 Å². The van der Waals surface area contributed by atoms with Crippen molar-refractivity contribution in [1.82, 2.24) is 9.55 Å². The highest BCUT2D eigenvalue weighted by atomic mass is 32.1. The molecule has 2 heterocycles. The van der Waals surface area contributed by atoms with E-state index in [1.165, 1.54) is 10.6 Å². The lowest BCUT2D eigenvalue weighted by molar-refractivity contribution is 0.0694. The van der Waals surface area contributed by atoms with Crippen LogP contribution in [0.25, 0.3) is 0 Å². The summed E-state index contributed by atoms with van der Waals surface area (Å²) in [5, 5.41) is 11.8. The van der Waals surface area contributed by atoms with Gasteiger partial charge < -0.3 is 9.67 Å². The molecule has 6 heteroatoms. The van der Waals surface area contributed by atoms with Crippen LogP contribution in [0.3, 0.4) is 0 Å². The molecule has 0 aliphatic carbocycles. The Balaban J connectivity index is 2.32. The van der Waals surface area contributed by atoms with Gasteiger partial charge in [0.1, 0.15) is 5.56 Å². The number of nitrogens with zero attached hydrogens (tertiary/aromatic N) is 2. The summed E-state index contributed by atoms with van der Waals surface area (Å²) in [7, 11) is 0. The first-order chi connectivity index (χ1) is 8.61. The van der Waals surface area contributed by atoms with Crippen LogP contribution < -0.4 is 5.56 Å². The molecule has 0 saturated carbocycles. The predicted octanol–water partition coefficient (Wildman–Crippen LogP) is 1.61. The zero-order valence-electron chi connectivity index (χ0n) is 9.79. The Morgan fingerprint density at radius 1 is 1.56 bits per heavy atom. The summed E-state index contributed by atoms with van der Waals surface area (Å²) in [5.74, 6) is -1.21. The normalized spacial score (nSPS) is 10.5. The molecule has 0 radical (unpaired) electrons. The zero-order valence-corrected chi connectivity index (χ0v) is 10.6. The van der Waals surface area contributed by atoms with Crippen molar-refractivity contribution in [1.29, 1.82) is 0 Å². The van der Waals surface area contributed by atoms with Gasteiger partial charge in [-0.15, -0.1) is 11.3 Å². The minimum atomic E-state index is -1.21. The van der Waals surface area contributed by atoms with Crippen molar-refractivity contribution in [3.8, 4) is 0 Å². The number of thiazole rings is 1. The van der Waals surface area contributed by atoms with Crippen LogP contribution in [0.1, 0.15) is 28.0 Å². The van der Waals surface area contributed by atoms with Gasteiger partial charge >= 0.3 is 5.97 Å². The number of rotatable bonds is 4. The third-order valence-corrected chi connectivity index (χ3v) is 3.53. The van der Waals surface area contributed by atoms with Gasteiger partial charge in [0.2, 0.25) is 0 Å². The van der Waals surface area contributed by atoms with Crippen LogP contribution in [0.5, 0.6) is 0 Å². The van der Waals surface area contributed by atoms with E-state index in [-0.39, 0.29) is 5.56 Å². The fraction of sp³-hybridized carbons (Fsp3) is 0.250. The van der Waals surface area contributed by atoms with Crippen molar-refractivity contribution >= 4 is 17.3 Å². The predicted molar refractivity (Wildman–Crippen MR) is 68.3 cm³/mol. The lowest BCUT2D eigenvalue weighted by atomic mass is 10.3. The molecule has 1 N–H and O–H groups in total. The molecule has 0 atom stereocenters. The molecule has 0 aromatic carbocycles. The Labute approximate surface area is 107 Å². The quantitative estimate of drug-likeness (QED) is 0.910. The van der Waals surface area contributed by atoms with Crippen molar-refractivity contribution in [2.24, 2.45) is 0 Å². The van der Waals surface area contributed by atoms with E-state index in [9.17, 15) is 9.59 Å². The lowest BCUT2D eigenvalue weighted by Crippen LogP contribution is -2.26. The van der Waals surface area contributed by atoms with Gasteiger partial charge in [0.05, 0.1) is 17.2 Å². The van der Waals surface area contributed by atoms with Crippen LogP contribution in [-0.2, 0) is 13.0 Å². The number of pyridine rings is 1. The van der Waals surface area contributed by atoms with Gasteiger partial charge in [-0.2, -0.15) is 0 Å². The number of carbonyl (C=O) groups is 1. The van der Waals surface area contributed by atoms with Gasteiger partial charge in [0, 0.05) is 11.6 Å². The van der Waals surface area contributed by atoms with E-state index in [1.807, 2.05) is 12.3 Å². The molecule has 0 bridgehead atoms. The molecule has 0 unspecified atom stereocenters. The largest absolute Gasteiger partial charge is 0.477 e. The number of carboxylic acid groups (broad SMARTS) is 1. The summed E-state index contributed by atoms with van der Waals surface area (Å²) in [6, 6.07) is 2.86. The summed E-state index contributed by atoms with van der Waals surface area (Å²) < 4.78 is 1.36. The molecule has 94 valence electrons. The van der Waals surface area contributed by atoms with Crippen molar-refractivity contribution in [3.05, 3.63) is 50.3 Å². The smallest absolute Gasteiger partial charge is 0.341 e. The van der Waals surface area contributed by atoms with E-state index in [4.69, 9.17) is 5.11 Å². The second kappa shape index (κ2) is 5.14. The molecule has 2 rings (SSSR count). The van der Waals surface area contributed by atoms with Crippen LogP contribution in [0, 0.1) is 0 Å². The van der Waals surface area contributed by atoms with Crippen molar-refractivity contribution < 1.29 is 9.90 Å². The highest BCUT2D eigenvalue weighted by molar-refractivity contribution is 7.09. The summed E-state index contributed by atoms with van der Waals surface area (Å²) >= 11 is 1.54. The van der Waals surface area contributed by atoms with Crippen molar-refractivity contribution in [2.75, 3.05) is 0 Å². The van der Waals surface area contributed by atoms with Gasteiger partial charge in [0.25, 0.3) is 5.56 Å². The molecule has 0 spiro atoms. The van der Waals surface area contributed by atoms with Crippen LogP contribution in [0.15, 0.2) is 28.5 Å². The highest BCUT2D eigenvalue weighted by Crippen LogP contribution is 2.10.